The van der Waals surface area contributed by atoms with E-state index >= 15 is 0 Å². The summed E-state index contributed by atoms with van der Waals surface area (Å²) in [6, 6.07) is 8.42. The molecule has 0 spiro atoms. The molecule has 0 radical (unpaired) electrons. The maximum atomic E-state index is 5.24. The maximum Gasteiger partial charge on any atom is 0.119 e. The van der Waals surface area contributed by atoms with Gasteiger partial charge in [0.25, 0.3) is 0 Å². The van der Waals surface area contributed by atoms with E-state index in [9.17, 15) is 0 Å². The van der Waals surface area contributed by atoms with Crippen LogP contribution in [0, 0.1) is 5.41 Å². The zero-order chi connectivity index (χ0) is 10.7. The molecule has 0 aliphatic carbocycles. The van der Waals surface area contributed by atoms with Gasteiger partial charge in [-0.1, -0.05) is 19.1 Å². The minimum atomic E-state index is 0.492. The van der Waals surface area contributed by atoms with Crippen molar-refractivity contribution in [2.75, 3.05) is 20.2 Å². The average Bonchev–Trinajstić information content (AvgIpc) is 2.24. The predicted octanol–water partition coefficient (Wildman–Crippen LogP) is 2.24. The van der Waals surface area contributed by atoms with E-state index in [-0.39, 0.29) is 0 Å². The number of methoxy groups -OCH3 is 1. The Balaban J connectivity index is 2.09. The second kappa shape index (κ2) is 4.23. The van der Waals surface area contributed by atoms with E-state index in [4.69, 9.17) is 4.74 Å². The number of hydrogen-bond donors (Lipinski definition) is 1. The highest BCUT2D eigenvalue weighted by atomic mass is 16.5. The van der Waals surface area contributed by atoms with Gasteiger partial charge < -0.3 is 10.1 Å². The number of rotatable bonds is 4. The van der Waals surface area contributed by atoms with Crippen LogP contribution in [-0.2, 0) is 6.42 Å². The predicted molar refractivity (Wildman–Crippen MR) is 62.3 cm³/mol. The first kappa shape index (κ1) is 10.5. The minimum absolute atomic E-state index is 0.492. The summed E-state index contributed by atoms with van der Waals surface area (Å²) < 4.78 is 5.24. The Morgan fingerprint density at radius 3 is 2.73 bits per heavy atom. The molecule has 1 N–H and O–H groups in total. The highest BCUT2D eigenvalue weighted by molar-refractivity contribution is 5.29. The Morgan fingerprint density at radius 1 is 1.40 bits per heavy atom. The standard InChI is InChI=1S/C13H19NO/c1-3-13(9-14-10-13)8-11-5-4-6-12(7-11)15-2/h4-7,14H,3,8-10H2,1-2H3. The van der Waals surface area contributed by atoms with Crippen molar-refractivity contribution in [3.8, 4) is 5.75 Å². The van der Waals surface area contributed by atoms with Gasteiger partial charge in [-0.05, 0) is 36.0 Å². The molecule has 0 atom stereocenters. The maximum absolute atomic E-state index is 5.24. The summed E-state index contributed by atoms with van der Waals surface area (Å²) in [5.41, 5.74) is 1.88. The van der Waals surface area contributed by atoms with Crippen LogP contribution >= 0.6 is 0 Å². The van der Waals surface area contributed by atoms with Crippen molar-refractivity contribution in [3.63, 3.8) is 0 Å². The Labute approximate surface area is 91.6 Å². The van der Waals surface area contributed by atoms with Gasteiger partial charge in [0.15, 0.2) is 0 Å². The van der Waals surface area contributed by atoms with Crippen LogP contribution in [0.2, 0.25) is 0 Å². The molecule has 0 unspecified atom stereocenters. The van der Waals surface area contributed by atoms with Crippen molar-refractivity contribution in [2.24, 2.45) is 5.41 Å². The van der Waals surface area contributed by atoms with Crippen molar-refractivity contribution in [3.05, 3.63) is 29.8 Å². The van der Waals surface area contributed by atoms with Gasteiger partial charge in [-0.3, -0.25) is 0 Å². The lowest BCUT2D eigenvalue weighted by atomic mass is 9.74. The highest BCUT2D eigenvalue weighted by Crippen LogP contribution is 2.31. The summed E-state index contributed by atoms with van der Waals surface area (Å²) in [5.74, 6) is 0.964. The molecule has 2 nitrogen and oxygen atoms in total. The lowest BCUT2D eigenvalue weighted by Crippen LogP contribution is -2.54. The molecule has 1 saturated heterocycles. The summed E-state index contributed by atoms with van der Waals surface area (Å²) in [7, 11) is 1.72. The average molecular weight is 205 g/mol. The number of ether oxygens (including phenoxy) is 1. The van der Waals surface area contributed by atoms with Crippen LogP contribution in [0.3, 0.4) is 0 Å². The van der Waals surface area contributed by atoms with Crippen LogP contribution in [0.25, 0.3) is 0 Å². The molecule has 0 aromatic heterocycles. The second-order valence-electron chi connectivity index (χ2n) is 4.49. The fourth-order valence-corrected chi connectivity index (χ4v) is 2.19. The lowest BCUT2D eigenvalue weighted by molar-refractivity contribution is 0.160. The molecule has 82 valence electrons. The smallest absolute Gasteiger partial charge is 0.119 e. The van der Waals surface area contributed by atoms with Crippen LogP contribution in [0.5, 0.6) is 5.75 Å². The van der Waals surface area contributed by atoms with E-state index < -0.39 is 0 Å². The van der Waals surface area contributed by atoms with Crippen molar-refractivity contribution in [1.82, 2.24) is 5.32 Å². The van der Waals surface area contributed by atoms with Crippen molar-refractivity contribution in [1.29, 1.82) is 0 Å². The second-order valence-corrected chi connectivity index (χ2v) is 4.49. The zero-order valence-corrected chi connectivity index (χ0v) is 9.55. The van der Waals surface area contributed by atoms with Crippen molar-refractivity contribution < 1.29 is 4.74 Å². The Kier molecular flexibility index (Phi) is 2.96. The molecule has 1 aliphatic heterocycles. The monoisotopic (exact) mass is 205 g/mol. The summed E-state index contributed by atoms with van der Waals surface area (Å²) in [6.07, 6.45) is 2.41. The number of nitrogens with one attached hydrogen (secondary N) is 1. The van der Waals surface area contributed by atoms with Crippen molar-refractivity contribution >= 4 is 0 Å². The topological polar surface area (TPSA) is 21.3 Å². The van der Waals surface area contributed by atoms with Gasteiger partial charge in [0.1, 0.15) is 5.75 Å². The molecule has 1 aliphatic rings. The van der Waals surface area contributed by atoms with Crippen LogP contribution in [0.1, 0.15) is 18.9 Å². The van der Waals surface area contributed by atoms with E-state index in [1.807, 2.05) is 6.07 Å². The van der Waals surface area contributed by atoms with Gasteiger partial charge >= 0.3 is 0 Å². The summed E-state index contributed by atoms with van der Waals surface area (Å²) in [4.78, 5) is 0. The van der Waals surface area contributed by atoms with E-state index in [1.54, 1.807) is 7.11 Å². The Bertz CT molecular complexity index is 326. The van der Waals surface area contributed by atoms with Gasteiger partial charge in [0.05, 0.1) is 7.11 Å². The van der Waals surface area contributed by atoms with Crippen LogP contribution in [0.15, 0.2) is 24.3 Å². The minimum Gasteiger partial charge on any atom is -0.497 e. The first-order chi connectivity index (χ1) is 7.28. The Morgan fingerprint density at radius 2 is 2.20 bits per heavy atom. The molecule has 2 rings (SSSR count). The van der Waals surface area contributed by atoms with Gasteiger partial charge in [-0.25, -0.2) is 0 Å². The molecular formula is C13H19NO. The SMILES string of the molecule is CCC1(Cc2cccc(OC)c2)CNC1. The van der Waals surface area contributed by atoms with E-state index in [2.05, 4.69) is 30.4 Å². The number of hydrogen-bond acceptors (Lipinski definition) is 2. The van der Waals surface area contributed by atoms with Gasteiger partial charge in [-0.15, -0.1) is 0 Å². The Hall–Kier alpha value is -1.02. The largest absolute Gasteiger partial charge is 0.497 e. The van der Waals surface area contributed by atoms with Crippen LogP contribution < -0.4 is 10.1 Å². The molecule has 1 heterocycles. The molecular weight excluding hydrogens is 186 g/mol. The molecule has 0 amide bonds. The summed E-state index contributed by atoms with van der Waals surface area (Å²) in [6.45, 7) is 4.59. The van der Waals surface area contributed by atoms with Crippen molar-refractivity contribution in [2.45, 2.75) is 19.8 Å². The zero-order valence-electron chi connectivity index (χ0n) is 9.55. The van der Waals surface area contributed by atoms with Gasteiger partial charge in [-0.2, -0.15) is 0 Å². The summed E-state index contributed by atoms with van der Waals surface area (Å²) >= 11 is 0. The molecule has 15 heavy (non-hydrogen) atoms. The highest BCUT2D eigenvalue weighted by Gasteiger charge is 2.34. The molecule has 1 aromatic carbocycles. The first-order valence-electron chi connectivity index (χ1n) is 5.62. The van der Waals surface area contributed by atoms with Gasteiger partial charge in [0.2, 0.25) is 0 Å². The van der Waals surface area contributed by atoms with E-state index in [1.165, 1.54) is 12.0 Å². The van der Waals surface area contributed by atoms with E-state index in [0.29, 0.717) is 5.41 Å². The fraction of sp³-hybridized carbons (Fsp3) is 0.538. The molecule has 1 aromatic rings. The van der Waals surface area contributed by atoms with Gasteiger partial charge in [0, 0.05) is 13.1 Å². The molecule has 1 fully saturated rings. The fourth-order valence-electron chi connectivity index (χ4n) is 2.19. The normalized spacial score (nSPS) is 18.3. The third-order valence-corrected chi connectivity index (χ3v) is 3.46. The van der Waals surface area contributed by atoms with Crippen LogP contribution in [-0.4, -0.2) is 20.2 Å². The quantitative estimate of drug-likeness (QED) is 0.814. The molecule has 0 bridgehead atoms. The van der Waals surface area contributed by atoms with Crippen LogP contribution in [0.4, 0.5) is 0 Å². The third kappa shape index (κ3) is 2.15. The summed E-state index contributed by atoms with van der Waals surface area (Å²) in [5, 5.41) is 3.37. The number of benzene rings is 1. The van der Waals surface area contributed by atoms with E-state index in [0.717, 1.165) is 25.3 Å². The lowest BCUT2D eigenvalue weighted by Gasteiger charge is -2.42. The third-order valence-electron chi connectivity index (χ3n) is 3.46. The molecule has 2 heteroatoms. The first-order valence-corrected chi connectivity index (χ1v) is 5.62. The molecule has 0 saturated carbocycles.